The maximum absolute atomic E-state index is 12.5. The molecule has 2 nitrogen and oxygen atoms in total. The molecule has 0 radical (unpaired) electrons. The van der Waals surface area contributed by atoms with Gasteiger partial charge in [0.05, 0.1) is 0 Å². The van der Waals surface area contributed by atoms with Crippen LogP contribution < -0.4 is 0 Å². The van der Waals surface area contributed by atoms with Crippen LogP contribution in [0.1, 0.15) is 41.6 Å². The van der Waals surface area contributed by atoms with Crippen LogP contribution in [-0.2, 0) is 0 Å². The number of aryl methyl sites for hydroxylation is 1. The number of likely N-dealkylation sites (tertiary alicyclic amines) is 1. The quantitative estimate of drug-likeness (QED) is 0.760. The highest BCUT2D eigenvalue weighted by molar-refractivity contribution is 6.31. The lowest BCUT2D eigenvalue weighted by Gasteiger charge is -2.24. The molecule has 19 heavy (non-hydrogen) atoms. The van der Waals surface area contributed by atoms with Crippen molar-refractivity contribution >= 4 is 29.1 Å². The molecule has 1 aromatic rings. The molecular formula is C15H19Cl2NO. The van der Waals surface area contributed by atoms with E-state index in [0.29, 0.717) is 22.5 Å². The molecule has 1 amide bonds. The normalized spacial score (nSPS) is 18.9. The maximum Gasteiger partial charge on any atom is 0.254 e. The molecule has 1 heterocycles. The second-order valence-electron chi connectivity index (χ2n) is 5.09. The molecule has 104 valence electrons. The topological polar surface area (TPSA) is 20.3 Å². The van der Waals surface area contributed by atoms with Crippen molar-refractivity contribution in [1.29, 1.82) is 0 Å². The van der Waals surface area contributed by atoms with Crippen LogP contribution in [-0.4, -0.2) is 29.3 Å². The molecule has 0 saturated carbocycles. The van der Waals surface area contributed by atoms with Crippen LogP contribution in [0.5, 0.6) is 0 Å². The van der Waals surface area contributed by atoms with E-state index in [1.165, 1.54) is 0 Å². The third kappa shape index (κ3) is 3.43. The van der Waals surface area contributed by atoms with Crippen LogP contribution >= 0.6 is 23.2 Å². The summed E-state index contributed by atoms with van der Waals surface area (Å²) in [6, 6.07) is 5.88. The van der Waals surface area contributed by atoms with Gasteiger partial charge in [-0.15, -0.1) is 11.6 Å². The zero-order valence-electron chi connectivity index (χ0n) is 11.2. The molecule has 1 aliphatic rings. The molecule has 0 N–H and O–H groups in total. The average molecular weight is 300 g/mol. The Morgan fingerprint density at radius 1 is 1.47 bits per heavy atom. The second kappa shape index (κ2) is 6.62. The Morgan fingerprint density at radius 2 is 2.26 bits per heavy atom. The number of alkyl halides is 1. The van der Waals surface area contributed by atoms with Gasteiger partial charge in [-0.1, -0.05) is 17.7 Å². The number of carbonyl (C=O) groups is 1. The Labute approximate surface area is 124 Å². The van der Waals surface area contributed by atoms with Gasteiger partial charge in [-0.2, -0.15) is 0 Å². The Balaban J connectivity index is 2.11. The van der Waals surface area contributed by atoms with Crippen molar-refractivity contribution < 1.29 is 4.79 Å². The fourth-order valence-corrected chi connectivity index (χ4v) is 2.94. The molecule has 1 atom stereocenters. The van der Waals surface area contributed by atoms with Crippen molar-refractivity contribution in [3.8, 4) is 0 Å². The van der Waals surface area contributed by atoms with Gasteiger partial charge in [0.15, 0.2) is 0 Å². The van der Waals surface area contributed by atoms with E-state index in [1.807, 2.05) is 24.0 Å². The number of hydrogen-bond acceptors (Lipinski definition) is 1. The van der Waals surface area contributed by atoms with Crippen LogP contribution in [0.2, 0.25) is 5.02 Å². The minimum absolute atomic E-state index is 0.0963. The summed E-state index contributed by atoms with van der Waals surface area (Å²) in [4.78, 5) is 14.5. The third-order valence-corrected chi connectivity index (χ3v) is 4.40. The zero-order valence-corrected chi connectivity index (χ0v) is 12.7. The molecule has 1 aromatic carbocycles. The summed E-state index contributed by atoms with van der Waals surface area (Å²) in [5.41, 5.74) is 1.69. The lowest BCUT2D eigenvalue weighted by atomic mass is 10.1. The SMILES string of the molecule is Cc1ccc(C(=O)N2CCCC2CCCCl)cc1Cl. The second-order valence-corrected chi connectivity index (χ2v) is 5.87. The number of carbonyl (C=O) groups excluding carboxylic acids is 1. The largest absolute Gasteiger partial charge is 0.336 e. The van der Waals surface area contributed by atoms with E-state index in [0.717, 1.165) is 37.8 Å². The van der Waals surface area contributed by atoms with Gasteiger partial charge in [0.1, 0.15) is 0 Å². The van der Waals surface area contributed by atoms with Gasteiger partial charge in [-0.3, -0.25) is 4.79 Å². The minimum atomic E-state index is 0.0963. The molecule has 1 unspecified atom stereocenters. The fraction of sp³-hybridized carbons (Fsp3) is 0.533. The molecule has 1 fully saturated rings. The number of benzene rings is 1. The molecule has 0 bridgehead atoms. The molecular weight excluding hydrogens is 281 g/mol. The first-order chi connectivity index (χ1) is 9.13. The van der Waals surface area contributed by atoms with Crippen molar-refractivity contribution in [3.05, 3.63) is 34.3 Å². The summed E-state index contributed by atoms with van der Waals surface area (Å²) in [5.74, 6) is 0.758. The van der Waals surface area contributed by atoms with Gasteiger partial charge >= 0.3 is 0 Å². The first-order valence-corrected chi connectivity index (χ1v) is 7.68. The molecule has 2 rings (SSSR count). The number of amides is 1. The molecule has 0 aromatic heterocycles. The first kappa shape index (κ1) is 14.7. The van der Waals surface area contributed by atoms with E-state index in [1.54, 1.807) is 6.07 Å². The zero-order chi connectivity index (χ0) is 13.8. The number of nitrogens with zero attached hydrogens (tertiary/aromatic N) is 1. The maximum atomic E-state index is 12.5. The van der Waals surface area contributed by atoms with Crippen molar-refractivity contribution in [2.75, 3.05) is 12.4 Å². The summed E-state index contributed by atoms with van der Waals surface area (Å²) in [6.45, 7) is 2.78. The summed E-state index contributed by atoms with van der Waals surface area (Å²) < 4.78 is 0. The Bertz CT molecular complexity index is 461. The number of halogens is 2. The first-order valence-electron chi connectivity index (χ1n) is 6.76. The van der Waals surface area contributed by atoms with Crippen LogP contribution in [0.25, 0.3) is 0 Å². The van der Waals surface area contributed by atoms with Crippen molar-refractivity contribution in [1.82, 2.24) is 4.90 Å². The standard InChI is InChI=1S/C15H19Cl2NO/c1-11-6-7-12(10-14(11)17)15(19)18-9-3-5-13(18)4-2-8-16/h6-7,10,13H,2-5,8-9H2,1H3. The highest BCUT2D eigenvalue weighted by Crippen LogP contribution is 2.25. The number of rotatable bonds is 4. The minimum Gasteiger partial charge on any atom is -0.336 e. The van der Waals surface area contributed by atoms with Crippen LogP contribution in [0.15, 0.2) is 18.2 Å². The van der Waals surface area contributed by atoms with Gasteiger partial charge in [-0.25, -0.2) is 0 Å². The molecule has 1 aliphatic heterocycles. The molecule has 0 spiro atoms. The van der Waals surface area contributed by atoms with Gasteiger partial charge in [0.25, 0.3) is 5.91 Å². The van der Waals surface area contributed by atoms with Crippen LogP contribution in [0.3, 0.4) is 0 Å². The number of hydrogen-bond donors (Lipinski definition) is 0. The van der Waals surface area contributed by atoms with Crippen molar-refractivity contribution in [2.24, 2.45) is 0 Å². The Hall–Kier alpha value is -0.730. The van der Waals surface area contributed by atoms with Gasteiger partial charge in [0.2, 0.25) is 0 Å². The third-order valence-electron chi connectivity index (χ3n) is 3.73. The lowest BCUT2D eigenvalue weighted by molar-refractivity contribution is 0.0730. The summed E-state index contributed by atoms with van der Waals surface area (Å²) >= 11 is 11.8. The van der Waals surface area contributed by atoms with E-state index in [4.69, 9.17) is 23.2 Å². The Morgan fingerprint density at radius 3 is 2.95 bits per heavy atom. The summed E-state index contributed by atoms with van der Waals surface area (Å²) in [7, 11) is 0. The predicted octanol–water partition coefficient (Wildman–Crippen LogP) is 4.27. The monoisotopic (exact) mass is 299 g/mol. The van der Waals surface area contributed by atoms with E-state index < -0.39 is 0 Å². The molecule has 1 saturated heterocycles. The highest BCUT2D eigenvalue weighted by atomic mass is 35.5. The lowest BCUT2D eigenvalue weighted by Crippen LogP contribution is -2.35. The van der Waals surface area contributed by atoms with E-state index in [-0.39, 0.29) is 5.91 Å². The fourth-order valence-electron chi connectivity index (χ4n) is 2.61. The smallest absolute Gasteiger partial charge is 0.254 e. The molecule has 4 heteroatoms. The van der Waals surface area contributed by atoms with E-state index in [2.05, 4.69) is 0 Å². The summed E-state index contributed by atoms with van der Waals surface area (Å²) in [6.07, 6.45) is 4.12. The van der Waals surface area contributed by atoms with E-state index in [9.17, 15) is 4.79 Å². The van der Waals surface area contributed by atoms with Crippen molar-refractivity contribution in [3.63, 3.8) is 0 Å². The van der Waals surface area contributed by atoms with Gasteiger partial charge < -0.3 is 4.90 Å². The Kier molecular flexibility index (Phi) is 5.12. The van der Waals surface area contributed by atoms with Gasteiger partial charge in [0, 0.05) is 29.1 Å². The van der Waals surface area contributed by atoms with Gasteiger partial charge in [-0.05, 0) is 50.3 Å². The average Bonchev–Trinajstić information content (AvgIpc) is 2.87. The van der Waals surface area contributed by atoms with Crippen LogP contribution in [0, 0.1) is 6.92 Å². The summed E-state index contributed by atoms with van der Waals surface area (Å²) in [5, 5.41) is 0.655. The van der Waals surface area contributed by atoms with E-state index >= 15 is 0 Å². The predicted molar refractivity (Wildman–Crippen MR) is 80.2 cm³/mol. The molecule has 0 aliphatic carbocycles. The van der Waals surface area contributed by atoms with Crippen LogP contribution in [0.4, 0.5) is 0 Å². The van der Waals surface area contributed by atoms with Crippen molar-refractivity contribution in [2.45, 2.75) is 38.6 Å². The highest BCUT2D eigenvalue weighted by Gasteiger charge is 2.28.